The van der Waals surface area contributed by atoms with Crippen LogP contribution in [0.3, 0.4) is 0 Å². The average molecular weight is 354 g/mol. The van der Waals surface area contributed by atoms with E-state index in [-0.39, 0.29) is 12.1 Å². The molecule has 8 heteroatoms. The molecule has 1 atom stereocenters. The number of rotatable bonds is 6. The van der Waals surface area contributed by atoms with Gasteiger partial charge in [0.05, 0.1) is 24.8 Å². The second-order valence-electron chi connectivity index (χ2n) is 6.03. The number of fused-ring (bicyclic) bond motifs is 1. The Kier molecular flexibility index (Phi) is 4.57. The molecule has 0 bridgehead atoms. The van der Waals surface area contributed by atoms with Gasteiger partial charge in [-0.05, 0) is 25.1 Å². The quantitative estimate of drug-likeness (QED) is 0.624. The molecule has 1 aromatic carbocycles. The SMILES string of the molecule is COc1cccc2c(C(=O)NC(C)(CC(=O)O)c3ccccn3)n[nH]c12. The first-order chi connectivity index (χ1) is 12.4. The van der Waals surface area contributed by atoms with Gasteiger partial charge in [0.2, 0.25) is 0 Å². The lowest BCUT2D eigenvalue weighted by atomic mass is 9.92. The molecule has 8 nitrogen and oxygen atoms in total. The van der Waals surface area contributed by atoms with E-state index in [2.05, 4.69) is 20.5 Å². The van der Waals surface area contributed by atoms with E-state index in [4.69, 9.17) is 4.74 Å². The van der Waals surface area contributed by atoms with Crippen LogP contribution in [-0.4, -0.2) is 39.3 Å². The predicted octanol–water partition coefficient (Wildman–Crippen LogP) is 2.09. The highest BCUT2D eigenvalue weighted by Crippen LogP contribution is 2.27. The first-order valence-corrected chi connectivity index (χ1v) is 7.91. The summed E-state index contributed by atoms with van der Waals surface area (Å²) in [5, 5.41) is 19.5. The van der Waals surface area contributed by atoms with E-state index in [1.54, 1.807) is 49.5 Å². The molecule has 0 aliphatic carbocycles. The lowest BCUT2D eigenvalue weighted by molar-refractivity contribution is -0.138. The molecule has 0 saturated carbocycles. The van der Waals surface area contributed by atoms with Crippen molar-refractivity contribution >= 4 is 22.8 Å². The number of aromatic nitrogens is 3. The molecular formula is C18H18N4O4. The number of hydrogen-bond donors (Lipinski definition) is 3. The molecule has 26 heavy (non-hydrogen) atoms. The Morgan fingerprint density at radius 3 is 2.73 bits per heavy atom. The Balaban J connectivity index is 1.98. The van der Waals surface area contributed by atoms with Gasteiger partial charge in [-0.25, -0.2) is 0 Å². The highest BCUT2D eigenvalue weighted by atomic mass is 16.5. The monoisotopic (exact) mass is 354 g/mol. The van der Waals surface area contributed by atoms with Crippen LogP contribution in [0.2, 0.25) is 0 Å². The van der Waals surface area contributed by atoms with Crippen molar-refractivity contribution < 1.29 is 19.4 Å². The van der Waals surface area contributed by atoms with Crippen LogP contribution < -0.4 is 10.1 Å². The molecule has 0 spiro atoms. The number of aromatic amines is 1. The van der Waals surface area contributed by atoms with E-state index < -0.39 is 17.4 Å². The maximum absolute atomic E-state index is 12.8. The number of para-hydroxylation sites is 1. The molecule has 134 valence electrons. The minimum absolute atomic E-state index is 0.159. The zero-order chi connectivity index (χ0) is 18.7. The van der Waals surface area contributed by atoms with Gasteiger partial charge < -0.3 is 15.2 Å². The molecule has 1 amide bonds. The third-order valence-electron chi connectivity index (χ3n) is 4.12. The third-order valence-corrected chi connectivity index (χ3v) is 4.12. The number of aliphatic carboxylic acids is 1. The van der Waals surface area contributed by atoms with Gasteiger partial charge in [0.1, 0.15) is 11.3 Å². The molecule has 2 aromatic heterocycles. The van der Waals surface area contributed by atoms with Gasteiger partial charge in [-0.2, -0.15) is 5.10 Å². The first-order valence-electron chi connectivity index (χ1n) is 7.91. The number of pyridine rings is 1. The topological polar surface area (TPSA) is 117 Å². The summed E-state index contributed by atoms with van der Waals surface area (Å²) >= 11 is 0. The number of H-pyrrole nitrogens is 1. The van der Waals surface area contributed by atoms with Gasteiger partial charge in [-0.3, -0.25) is 19.7 Å². The van der Waals surface area contributed by atoms with Gasteiger partial charge in [-0.1, -0.05) is 18.2 Å². The molecule has 1 unspecified atom stereocenters. The number of carboxylic acid groups (broad SMARTS) is 1. The van der Waals surface area contributed by atoms with Crippen molar-refractivity contribution in [2.45, 2.75) is 18.9 Å². The number of carbonyl (C=O) groups excluding carboxylic acids is 1. The lowest BCUT2D eigenvalue weighted by Gasteiger charge is -2.28. The minimum Gasteiger partial charge on any atom is -0.494 e. The van der Waals surface area contributed by atoms with Gasteiger partial charge in [0.15, 0.2) is 5.69 Å². The molecule has 0 fully saturated rings. The zero-order valence-electron chi connectivity index (χ0n) is 14.3. The number of carboxylic acids is 1. The fourth-order valence-corrected chi connectivity index (χ4v) is 2.86. The predicted molar refractivity (Wildman–Crippen MR) is 94.0 cm³/mol. The highest BCUT2D eigenvalue weighted by molar-refractivity contribution is 6.06. The van der Waals surface area contributed by atoms with Crippen LogP contribution in [0.1, 0.15) is 29.5 Å². The molecule has 0 saturated heterocycles. The molecule has 3 aromatic rings. The molecule has 0 aliphatic heterocycles. The van der Waals surface area contributed by atoms with Crippen molar-refractivity contribution in [2.24, 2.45) is 0 Å². The van der Waals surface area contributed by atoms with Crippen LogP contribution in [0, 0.1) is 0 Å². The highest BCUT2D eigenvalue weighted by Gasteiger charge is 2.34. The van der Waals surface area contributed by atoms with Crippen LogP contribution >= 0.6 is 0 Å². The summed E-state index contributed by atoms with van der Waals surface area (Å²) in [6, 6.07) is 10.4. The summed E-state index contributed by atoms with van der Waals surface area (Å²) in [5.74, 6) is -0.988. The summed E-state index contributed by atoms with van der Waals surface area (Å²) in [7, 11) is 1.53. The fourth-order valence-electron chi connectivity index (χ4n) is 2.86. The second-order valence-corrected chi connectivity index (χ2v) is 6.03. The van der Waals surface area contributed by atoms with Crippen molar-refractivity contribution in [3.63, 3.8) is 0 Å². The summed E-state index contributed by atoms with van der Waals surface area (Å²) in [6.07, 6.45) is 1.23. The number of nitrogens with zero attached hydrogens (tertiary/aromatic N) is 2. The molecule has 2 heterocycles. The van der Waals surface area contributed by atoms with E-state index in [0.717, 1.165) is 0 Å². The lowest BCUT2D eigenvalue weighted by Crippen LogP contribution is -2.45. The Labute approximate surface area is 149 Å². The van der Waals surface area contributed by atoms with E-state index in [9.17, 15) is 14.7 Å². The van der Waals surface area contributed by atoms with Crippen molar-refractivity contribution in [1.29, 1.82) is 0 Å². The number of benzene rings is 1. The van der Waals surface area contributed by atoms with Crippen molar-refractivity contribution in [2.75, 3.05) is 7.11 Å². The van der Waals surface area contributed by atoms with Crippen molar-refractivity contribution in [3.05, 3.63) is 54.0 Å². The zero-order valence-corrected chi connectivity index (χ0v) is 14.3. The summed E-state index contributed by atoms with van der Waals surface area (Å²) in [6.45, 7) is 1.62. The molecule has 3 N–H and O–H groups in total. The van der Waals surface area contributed by atoms with Gasteiger partial charge in [0, 0.05) is 11.6 Å². The largest absolute Gasteiger partial charge is 0.494 e. The summed E-state index contributed by atoms with van der Waals surface area (Å²) < 4.78 is 5.25. The van der Waals surface area contributed by atoms with E-state index >= 15 is 0 Å². The smallest absolute Gasteiger partial charge is 0.306 e. The summed E-state index contributed by atoms with van der Waals surface area (Å²) in [4.78, 5) is 28.4. The number of ether oxygens (including phenoxy) is 1. The van der Waals surface area contributed by atoms with E-state index in [0.29, 0.717) is 22.3 Å². The number of nitrogens with one attached hydrogen (secondary N) is 2. The molecule has 0 aliphatic rings. The maximum Gasteiger partial charge on any atom is 0.306 e. The molecule has 0 radical (unpaired) electrons. The second kappa shape index (κ2) is 6.83. The van der Waals surface area contributed by atoms with Crippen molar-refractivity contribution in [3.8, 4) is 5.75 Å². The number of hydrogen-bond acceptors (Lipinski definition) is 5. The van der Waals surface area contributed by atoms with E-state index in [1.807, 2.05) is 0 Å². The minimum atomic E-state index is -1.19. The van der Waals surface area contributed by atoms with Crippen LogP contribution in [0.5, 0.6) is 5.75 Å². The molecule has 3 rings (SSSR count). The maximum atomic E-state index is 12.8. The normalized spacial score (nSPS) is 13.2. The van der Waals surface area contributed by atoms with Gasteiger partial charge >= 0.3 is 5.97 Å². The Morgan fingerprint density at radius 2 is 2.08 bits per heavy atom. The van der Waals surface area contributed by atoms with E-state index in [1.165, 1.54) is 7.11 Å². The Bertz CT molecular complexity index is 954. The number of amides is 1. The number of methoxy groups -OCH3 is 1. The Hall–Kier alpha value is -3.42. The average Bonchev–Trinajstić information content (AvgIpc) is 3.06. The van der Waals surface area contributed by atoms with Crippen molar-refractivity contribution in [1.82, 2.24) is 20.5 Å². The fraction of sp³-hybridized carbons (Fsp3) is 0.222. The van der Waals surface area contributed by atoms with Gasteiger partial charge in [0.25, 0.3) is 5.91 Å². The van der Waals surface area contributed by atoms with Gasteiger partial charge in [-0.15, -0.1) is 0 Å². The molecular weight excluding hydrogens is 336 g/mol. The van der Waals surface area contributed by atoms with Crippen LogP contribution in [0.25, 0.3) is 10.9 Å². The number of carbonyl (C=O) groups is 2. The standard InChI is InChI=1S/C18H18N4O4/c1-18(10-14(23)24,13-8-3-4-9-19-13)20-17(25)16-11-6-5-7-12(26-2)15(11)21-22-16/h3-9H,10H2,1-2H3,(H,20,25)(H,21,22)(H,23,24). The Morgan fingerprint density at radius 1 is 1.27 bits per heavy atom. The van der Waals surface area contributed by atoms with Crippen LogP contribution in [0.15, 0.2) is 42.6 Å². The van der Waals surface area contributed by atoms with Crippen LogP contribution in [-0.2, 0) is 10.3 Å². The summed E-state index contributed by atoms with van der Waals surface area (Å²) in [5.41, 5.74) is 0.0199. The third kappa shape index (κ3) is 3.21. The first kappa shape index (κ1) is 17.4. The van der Waals surface area contributed by atoms with Crippen LogP contribution in [0.4, 0.5) is 0 Å².